The summed E-state index contributed by atoms with van der Waals surface area (Å²) >= 11 is 0. The molecule has 5 heteroatoms. The molecule has 0 unspecified atom stereocenters. The molecule has 0 saturated carbocycles. The highest BCUT2D eigenvalue weighted by atomic mass is 16.5. The molecule has 1 amide bonds. The molecule has 104 valence electrons. The molecule has 5 nitrogen and oxygen atoms in total. The number of anilines is 2. The Hall–Kier alpha value is -1.91. The number of nitrogens with zero attached hydrogens (tertiary/aromatic N) is 2. The highest BCUT2D eigenvalue weighted by Gasteiger charge is 2.22. The molecule has 1 saturated heterocycles. The first kappa shape index (κ1) is 13.5. The molecule has 1 aromatic rings. The standard InChI is InChI=1S/C14H21N3O2/c1-3-13(18)17-9-7-16(8-10-17)12-6-4-5-11(15)14(12)19-2/h4-6H,3,7-10,15H2,1-2H3. The van der Waals surface area contributed by atoms with Crippen LogP contribution >= 0.6 is 0 Å². The van der Waals surface area contributed by atoms with Crippen molar-refractivity contribution in [1.82, 2.24) is 4.90 Å². The number of piperazine rings is 1. The zero-order chi connectivity index (χ0) is 13.8. The van der Waals surface area contributed by atoms with Crippen LogP contribution in [0.4, 0.5) is 11.4 Å². The van der Waals surface area contributed by atoms with Gasteiger partial charge in [0, 0.05) is 32.6 Å². The normalized spacial score (nSPS) is 15.5. The molecule has 1 aliphatic rings. The van der Waals surface area contributed by atoms with Gasteiger partial charge in [-0.25, -0.2) is 0 Å². The van der Waals surface area contributed by atoms with Crippen LogP contribution in [0.2, 0.25) is 0 Å². The maximum Gasteiger partial charge on any atom is 0.222 e. The van der Waals surface area contributed by atoms with E-state index in [4.69, 9.17) is 10.5 Å². The summed E-state index contributed by atoms with van der Waals surface area (Å²) < 4.78 is 5.38. The smallest absolute Gasteiger partial charge is 0.222 e. The molecule has 0 spiro atoms. The summed E-state index contributed by atoms with van der Waals surface area (Å²) in [4.78, 5) is 15.8. The van der Waals surface area contributed by atoms with Crippen molar-refractivity contribution in [1.29, 1.82) is 0 Å². The number of methoxy groups -OCH3 is 1. The summed E-state index contributed by atoms with van der Waals surface area (Å²) in [6.45, 7) is 5.03. The topological polar surface area (TPSA) is 58.8 Å². The number of carbonyl (C=O) groups excluding carboxylic acids is 1. The highest BCUT2D eigenvalue weighted by Crippen LogP contribution is 2.34. The molecule has 0 bridgehead atoms. The van der Waals surface area contributed by atoms with Crippen LogP contribution in [-0.4, -0.2) is 44.1 Å². The lowest BCUT2D eigenvalue weighted by Crippen LogP contribution is -2.48. The Kier molecular flexibility index (Phi) is 4.14. The van der Waals surface area contributed by atoms with Crippen LogP contribution in [0.5, 0.6) is 5.75 Å². The Morgan fingerprint density at radius 1 is 1.32 bits per heavy atom. The van der Waals surface area contributed by atoms with Crippen LogP contribution in [0.1, 0.15) is 13.3 Å². The first-order chi connectivity index (χ1) is 9.17. The predicted octanol–water partition coefficient (Wildman–Crippen LogP) is 1.34. The average molecular weight is 263 g/mol. The summed E-state index contributed by atoms with van der Waals surface area (Å²) in [5.74, 6) is 0.942. The van der Waals surface area contributed by atoms with Crippen molar-refractivity contribution in [2.75, 3.05) is 43.9 Å². The van der Waals surface area contributed by atoms with Crippen LogP contribution in [0.25, 0.3) is 0 Å². The molecule has 0 radical (unpaired) electrons. The number of benzene rings is 1. The Balaban J connectivity index is 2.10. The van der Waals surface area contributed by atoms with Gasteiger partial charge in [0.2, 0.25) is 5.91 Å². The third-order valence-electron chi connectivity index (χ3n) is 3.50. The van der Waals surface area contributed by atoms with Gasteiger partial charge in [0.25, 0.3) is 0 Å². The lowest BCUT2D eigenvalue weighted by Gasteiger charge is -2.36. The lowest BCUT2D eigenvalue weighted by molar-refractivity contribution is -0.131. The van der Waals surface area contributed by atoms with E-state index in [-0.39, 0.29) is 5.91 Å². The van der Waals surface area contributed by atoms with E-state index in [2.05, 4.69) is 4.90 Å². The van der Waals surface area contributed by atoms with Crippen molar-refractivity contribution in [3.05, 3.63) is 18.2 Å². The van der Waals surface area contributed by atoms with Crippen molar-refractivity contribution in [2.24, 2.45) is 0 Å². The Morgan fingerprint density at radius 2 is 2.00 bits per heavy atom. The average Bonchev–Trinajstić information content (AvgIpc) is 2.46. The number of hydrogen-bond donors (Lipinski definition) is 1. The number of rotatable bonds is 3. The summed E-state index contributed by atoms with van der Waals surface area (Å²) in [7, 11) is 1.63. The molecular weight excluding hydrogens is 242 g/mol. The molecule has 19 heavy (non-hydrogen) atoms. The summed E-state index contributed by atoms with van der Waals surface area (Å²) in [6, 6.07) is 5.77. The number of hydrogen-bond acceptors (Lipinski definition) is 4. The maximum absolute atomic E-state index is 11.6. The zero-order valence-electron chi connectivity index (χ0n) is 11.6. The molecule has 0 atom stereocenters. The van der Waals surface area contributed by atoms with Crippen LogP contribution in [0.3, 0.4) is 0 Å². The predicted molar refractivity (Wildman–Crippen MR) is 76.5 cm³/mol. The molecule has 1 fully saturated rings. The second-order valence-electron chi connectivity index (χ2n) is 4.62. The van der Waals surface area contributed by atoms with E-state index in [1.165, 1.54) is 0 Å². The number of amides is 1. The summed E-state index contributed by atoms with van der Waals surface area (Å²) in [5, 5.41) is 0. The van der Waals surface area contributed by atoms with Gasteiger partial charge in [-0.3, -0.25) is 4.79 Å². The van der Waals surface area contributed by atoms with Crippen molar-refractivity contribution in [3.63, 3.8) is 0 Å². The third-order valence-corrected chi connectivity index (χ3v) is 3.50. The fraction of sp³-hybridized carbons (Fsp3) is 0.500. The van der Waals surface area contributed by atoms with E-state index in [1.54, 1.807) is 7.11 Å². The van der Waals surface area contributed by atoms with Crippen LogP contribution < -0.4 is 15.4 Å². The Morgan fingerprint density at radius 3 is 2.58 bits per heavy atom. The van der Waals surface area contributed by atoms with Gasteiger partial charge in [-0.2, -0.15) is 0 Å². The van der Waals surface area contributed by atoms with Crippen molar-refractivity contribution < 1.29 is 9.53 Å². The van der Waals surface area contributed by atoms with Crippen molar-refractivity contribution in [2.45, 2.75) is 13.3 Å². The molecule has 2 N–H and O–H groups in total. The zero-order valence-corrected chi connectivity index (χ0v) is 11.6. The number of nitrogens with two attached hydrogens (primary N) is 1. The van der Waals surface area contributed by atoms with Crippen LogP contribution in [0.15, 0.2) is 18.2 Å². The van der Waals surface area contributed by atoms with E-state index in [0.717, 1.165) is 37.6 Å². The van der Waals surface area contributed by atoms with Gasteiger partial charge in [-0.05, 0) is 12.1 Å². The highest BCUT2D eigenvalue weighted by molar-refractivity contribution is 5.76. The largest absolute Gasteiger partial charge is 0.492 e. The SMILES string of the molecule is CCC(=O)N1CCN(c2cccc(N)c2OC)CC1. The maximum atomic E-state index is 11.6. The fourth-order valence-corrected chi connectivity index (χ4v) is 2.43. The lowest BCUT2D eigenvalue weighted by atomic mass is 10.2. The summed E-state index contributed by atoms with van der Waals surface area (Å²) in [6.07, 6.45) is 0.571. The molecular formula is C14H21N3O2. The Labute approximate surface area is 113 Å². The molecule has 1 heterocycles. The van der Waals surface area contributed by atoms with Crippen LogP contribution in [-0.2, 0) is 4.79 Å². The first-order valence-corrected chi connectivity index (χ1v) is 6.62. The fourth-order valence-electron chi connectivity index (χ4n) is 2.43. The first-order valence-electron chi connectivity index (χ1n) is 6.62. The second kappa shape index (κ2) is 5.82. The molecule has 1 aromatic carbocycles. The van der Waals surface area contributed by atoms with Crippen molar-refractivity contribution >= 4 is 17.3 Å². The third kappa shape index (κ3) is 2.75. The van der Waals surface area contributed by atoms with Gasteiger partial charge >= 0.3 is 0 Å². The van der Waals surface area contributed by atoms with E-state index >= 15 is 0 Å². The number of para-hydroxylation sites is 1. The molecule has 0 aliphatic carbocycles. The van der Waals surface area contributed by atoms with Gasteiger partial charge in [-0.15, -0.1) is 0 Å². The Bertz CT molecular complexity index is 454. The molecule has 2 rings (SSSR count). The van der Waals surface area contributed by atoms with E-state index in [9.17, 15) is 4.79 Å². The second-order valence-corrected chi connectivity index (χ2v) is 4.62. The van der Waals surface area contributed by atoms with Gasteiger partial charge in [0.15, 0.2) is 5.75 Å². The van der Waals surface area contributed by atoms with E-state index in [1.807, 2.05) is 30.0 Å². The number of carbonyl (C=O) groups is 1. The molecule has 1 aliphatic heterocycles. The minimum atomic E-state index is 0.221. The number of nitrogen functional groups attached to an aromatic ring is 1. The summed E-state index contributed by atoms with van der Waals surface area (Å²) in [5.41, 5.74) is 7.57. The van der Waals surface area contributed by atoms with Gasteiger partial charge < -0.3 is 20.3 Å². The molecule has 0 aromatic heterocycles. The van der Waals surface area contributed by atoms with Gasteiger partial charge in [0.05, 0.1) is 18.5 Å². The van der Waals surface area contributed by atoms with E-state index < -0.39 is 0 Å². The van der Waals surface area contributed by atoms with Crippen LogP contribution in [0, 0.1) is 0 Å². The monoisotopic (exact) mass is 263 g/mol. The van der Waals surface area contributed by atoms with Gasteiger partial charge in [-0.1, -0.05) is 13.0 Å². The van der Waals surface area contributed by atoms with Gasteiger partial charge in [0.1, 0.15) is 0 Å². The minimum Gasteiger partial charge on any atom is -0.492 e. The van der Waals surface area contributed by atoms with E-state index in [0.29, 0.717) is 12.1 Å². The minimum absolute atomic E-state index is 0.221. The quantitative estimate of drug-likeness (QED) is 0.836. The van der Waals surface area contributed by atoms with Crippen molar-refractivity contribution in [3.8, 4) is 5.75 Å². The number of ether oxygens (including phenoxy) is 1.